The Bertz CT molecular complexity index is 859. The normalized spacial score (nSPS) is 14.1. The maximum Gasteiger partial charge on any atom is 0.289 e. The van der Waals surface area contributed by atoms with Gasteiger partial charge in [0.15, 0.2) is 5.82 Å². The monoisotopic (exact) mass is 378 g/mol. The summed E-state index contributed by atoms with van der Waals surface area (Å²) >= 11 is 6.65. The zero-order chi connectivity index (χ0) is 18.0. The predicted molar refractivity (Wildman–Crippen MR) is 94.2 cm³/mol. The predicted octanol–water partition coefficient (Wildman–Crippen LogP) is 3.93. The van der Waals surface area contributed by atoms with Crippen LogP contribution in [0.3, 0.4) is 0 Å². The van der Waals surface area contributed by atoms with Gasteiger partial charge in [-0.1, -0.05) is 41.6 Å². The molecule has 1 aliphatic heterocycles. The quantitative estimate of drug-likeness (QED) is 0.875. The minimum Gasteiger partial charge on any atom is -0.319 e. The van der Waals surface area contributed by atoms with Crippen LogP contribution in [-0.2, 0) is 11.3 Å². The smallest absolute Gasteiger partial charge is 0.289 e. The molecule has 5 nitrogen and oxygen atoms in total. The van der Waals surface area contributed by atoms with Crippen molar-refractivity contribution in [3.05, 3.63) is 64.4 Å². The van der Waals surface area contributed by atoms with E-state index in [1.807, 2.05) is 0 Å². The summed E-state index contributed by atoms with van der Waals surface area (Å²) in [5, 5.41) is 2.06. The zero-order valence-electron chi connectivity index (χ0n) is 12.8. The van der Waals surface area contributed by atoms with E-state index in [4.69, 9.17) is 11.6 Å². The molecule has 1 saturated heterocycles. The van der Waals surface area contributed by atoms with Gasteiger partial charge in [0.25, 0.3) is 11.1 Å². The molecule has 1 N–H and O–H groups in total. The van der Waals surface area contributed by atoms with Gasteiger partial charge in [-0.05, 0) is 29.8 Å². The van der Waals surface area contributed by atoms with Gasteiger partial charge < -0.3 is 5.32 Å². The molecule has 1 aliphatic rings. The van der Waals surface area contributed by atoms with E-state index in [2.05, 4.69) is 5.32 Å². The van der Waals surface area contributed by atoms with E-state index < -0.39 is 11.7 Å². The lowest BCUT2D eigenvalue weighted by Crippen LogP contribution is -2.28. The van der Waals surface area contributed by atoms with Crippen molar-refractivity contribution >= 4 is 46.1 Å². The van der Waals surface area contributed by atoms with Crippen LogP contribution < -0.4 is 5.32 Å². The molecule has 0 radical (unpaired) electrons. The highest BCUT2D eigenvalue weighted by Gasteiger charge is 2.29. The van der Waals surface area contributed by atoms with Crippen LogP contribution in [0.25, 0.3) is 0 Å². The van der Waals surface area contributed by atoms with E-state index in [1.165, 1.54) is 18.2 Å². The van der Waals surface area contributed by atoms with Gasteiger partial charge in [0.05, 0.1) is 23.0 Å². The highest BCUT2D eigenvalue weighted by atomic mass is 35.5. The average Bonchev–Trinajstić information content (AvgIpc) is 2.91. The lowest BCUT2D eigenvalue weighted by Gasteiger charge is -2.13. The largest absolute Gasteiger partial charge is 0.319 e. The summed E-state index contributed by atoms with van der Waals surface area (Å²) in [6, 6.07) is 10.8. The van der Waals surface area contributed by atoms with Crippen molar-refractivity contribution in [1.82, 2.24) is 4.90 Å². The molecule has 0 atom stereocenters. The molecule has 0 spiro atoms. The first-order valence-corrected chi connectivity index (χ1v) is 8.63. The molecular weight excluding hydrogens is 367 g/mol. The molecule has 0 aromatic heterocycles. The molecule has 0 unspecified atom stereocenters. The van der Waals surface area contributed by atoms with Gasteiger partial charge in [0, 0.05) is 5.56 Å². The standard InChI is InChI=1S/C17H12ClFN2O3S/c18-12-5-2-6-13(15(12)19)20-16(23)11-4-1-3-10(7-11)8-21-14(22)9-25-17(21)24/h1-7H,8-9H2,(H,20,23). The van der Waals surface area contributed by atoms with E-state index in [-0.39, 0.29) is 39.7 Å². The highest BCUT2D eigenvalue weighted by molar-refractivity contribution is 8.14. The van der Waals surface area contributed by atoms with Crippen molar-refractivity contribution in [2.75, 3.05) is 11.1 Å². The third-order valence-electron chi connectivity index (χ3n) is 3.57. The van der Waals surface area contributed by atoms with Crippen LogP contribution in [0.1, 0.15) is 15.9 Å². The average molecular weight is 379 g/mol. The van der Waals surface area contributed by atoms with Crippen LogP contribution in [-0.4, -0.2) is 27.7 Å². The number of rotatable bonds is 4. The molecule has 0 bridgehead atoms. The molecule has 1 fully saturated rings. The third-order valence-corrected chi connectivity index (χ3v) is 4.72. The summed E-state index contributed by atoms with van der Waals surface area (Å²) < 4.78 is 13.9. The molecule has 0 saturated carbocycles. The van der Waals surface area contributed by atoms with Gasteiger partial charge >= 0.3 is 0 Å². The maximum atomic E-state index is 13.9. The van der Waals surface area contributed by atoms with Crippen molar-refractivity contribution < 1.29 is 18.8 Å². The molecular formula is C17H12ClFN2O3S. The van der Waals surface area contributed by atoms with Crippen molar-refractivity contribution in [3.63, 3.8) is 0 Å². The number of imide groups is 1. The summed E-state index contributed by atoms with van der Waals surface area (Å²) in [4.78, 5) is 36.8. The Balaban J connectivity index is 1.76. The molecule has 0 aliphatic carbocycles. The topological polar surface area (TPSA) is 66.5 Å². The second-order valence-electron chi connectivity index (χ2n) is 5.29. The zero-order valence-corrected chi connectivity index (χ0v) is 14.4. The SMILES string of the molecule is O=C(Nc1cccc(Cl)c1F)c1cccc(CN2C(=O)CSC2=O)c1. The lowest BCUT2D eigenvalue weighted by atomic mass is 10.1. The first kappa shape index (κ1) is 17.4. The Hall–Kier alpha value is -2.38. The fraction of sp³-hybridized carbons (Fsp3) is 0.118. The molecule has 8 heteroatoms. The Morgan fingerprint density at radius 2 is 2.00 bits per heavy atom. The molecule has 3 amide bonds. The first-order valence-electron chi connectivity index (χ1n) is 7.27. The van der Waals surface area contributed by atoms with Gasteiger partial charge in [0.1, 0.15) is 0 Å². The minimum absolute atomic E-state index is 0.0239. The van der Waals surface area contributed by atoms with Crippen LogP contribution >= 0.6 is 23.4 Å². The van der Waals surface area contributed by atoms with Crippen molar-refractivity contribution in [2.45, 2.75) is 6.54 Å². The molecule has 25 heavy (non-hydrogen) atoms. The number of thioether (sulfide) groups is 1. The van der Waals surface area contributed by atoms with Crippen molar-refractivity contribution in [1.29, 1.82) is 0 Å². The summed E-state index contributed by atoms with van der Waals surface area (Å²) in [5.74, 6) is -1.35. The van der Waals surface area contributed by atoms with Gasteiger partial charge in [0.2, 0.25) is 5.91 Å². The molecule has 2 aromatic rings. The number of nitrogens with one attached hydrogen (secondary N) is 1. The van der Waals surface area contributed by atoms with Gasteiger partial charge in [-0.2, -0.15) is 0 Å². The number of halogens is 2. The first-order chi connectivity index (χ1) is 12.0. The second kappa shape index (κ2) is 7.25. The van der Waals surface area contributed by atoms with E-state index >= 15 is 0 Å². The Morgan fingerprint density at radius 3 is 2.72 bits per heavy atom. The summed E-state index contributed by atoms with van der Waals surface area (Å²) in [6.07, 6.45) is 0. The van der Waals surface area contributed by atoms with Crippen LogP contribution in [0.4, 0.5) is 14.9 Å². The number of hydrogen-bond donors (Lipinski definition) is 1. The van der Waals surface area contributed by atoms with Crippen LogP contribution in [0.15, 0.2) is 42.5 Å². The number of benzene rings is 2. The van der Waals surface area contributed by atoms with Gasteiger partial charge in [-0.3, -0.25) is 19.3 Å². The van der Waals surface area contributed by atoms with Crippen LogP contribution in [0.2, 0.25) is 5.02 Å². The Morgan fingerprint density at radius 1 is 1.24 bits per heavy atom. The summed E-state index contributed by atoms with van der Waals surface area (Å²) in [7, 11) is 0. The maximum absolute atomic E-state index is 13.9. The lowest BCUT2D eigenvalue weighted by molar-refractivity contribution is -0.125. The molecule has 2 aromatic carbocycles. The Kier molecular flexibility index (Phi) is 5.06. The number of hydrogen-bond acceptors (Lipinski definition) is 4. The van der Waals surface area contributed by atoms with Crippen LogP contribution in [0, 0.1) is 5.82 Å². The summed E-state index contributed by atoms with van der Waals surface area (Å²) in [6.45, 7) is 0.0946. The number of carbonyl (C=O) groups is 3. The van der Waals surface area contributed by atoms with E-state index in [1.54, 1.807) is 24.3 Å². The number of carbonyl (C=O) groups excluding carboxylic acids is 3. The van der Waals surface area contributed by atoms with E-state index in [0.717, 1.165) is 16.7 Å². The van der Waals surface area contributed by atoms with Crippen LogP contribution in [0.5, 0.6) is 0 Å². The fourth-order valence-corrected chi connectivity index (χ4v) is 3.22. The number of anilines is 1. The molecule has 1 heterocycles. The van der Waals surface area contributed by atoms with E-state index in [0.29, 0.717) is 5.56 Å². The fourth-order valence-electron chi connectivity index (χ4n) is 2.32. The Labute approximate surface area is 152 Å². The van der Waals surface area contributed by atoms with Crippen molar-refractivity contribution in [2.24, 2.45) is 0 Å². The highest BCUT2D eigenvalue weighted by Crippen LogP contribution is 2.24. The molecule has 3 rings (SSSR count). The van der Waals surface area contributed by atoms with E-state index in [9.17, 15) is 18.8 Å². The summed E-state index contributed by atoms with van der Waals surface area (Å²) in [5.41, 5.74) is 0.885. The molecule has 128 valence electrons. The van der Waals surface area contributed by atoms with Gasteiger partial charge in [-0.15, -0.1) is 0 Å². The van der Waals surface area contributed by atoms with Gasteiger partial charge in [-0.25, -0.2) is 4.39 Å². The number of amides is 3. The minimum atomic E-state index is -0.709. The number of nitrogens with zero attached hydrogens (tertiary/aromatic N) is 1. The second-order valence-corrected chi connectivity index (χ2v) is 6.62. The van der Waals surface area contributed by atoms with Crippen molar-refractivity contribution in [3.8, 4) is 0 Å². The third kappa shape index (κ3) is 3.83.